The van der Waals surface area contributed by atoms with E-state index in [-0.39, 0.29) is 24.0 Å². The summed E-state index contributed by atoms with van der Waals surface area (Å²) in [7, 11) is 0. The molecule has 1 heterocycles. The highest BCUT2D eigenvalue weighted by Crippen LogP contribution is 2.32. The molecule has 0 bridgehead atoms. The SMILES string of the molecule is CCNC(=NCCc1ccc2c(c1)OCO2)NCCNC(=O)c1ccccc1O. The van der Waals surface area contributed by atoms with E-state index in [4.69, 9.17) is 9.47 Å². The lowest BCUT2D eigenvalue weighted by Crippen LogP contribution is -2.41. The molecule has 0 aliphatic carbocycles. The summed E-state index contributed by atoms with van der Waals surface area (Å²) >= 11 is 0. The van der Waals surface area contributed by atoms with Gasteiger partial charge in [0.2, 0.25) is 6.79 Å². The maximum atomic E-state index is 12.1. The Bertz CT molecular complexity index is 870. The maximum Gasteiger partial charge on any atom is 0.255 e. The molecule has 0 atom stereocenters. The molecule has 0 fully saturated rings. The number of carbonyl (C=O) groups is 1. The van der Waals surface area contributed by atoms with Crippen LogP contribution < -0.4 is 25.4 Å². The highest BCUT2D eigenvalue weighted by molar-refractivity contribution is 5.96. The zero-order valence-corrected chi connectivity index (χ0v) is 16.4. The van der Waals surface area contributed by atoms with E-state index in [9.17, 15) is 9.90 Å². The number of nitrogens with zero attached hydrogens (tertiary/aromatic N) is 1. The van der Waals surface area contributed by atoms with Gasteiger partial charge in [-0.3, -0.25) is 9.79 Å². The molecule has 29 heavy (non-hydrogen) atoms. The molecule has 0 saturated carbocycles. The number of benzene rings is 2. The van der Waals surface area contributed by atoms with Gasteiger partial charge < -0.3 is 30.5 Å². The van der Waals surface area contributed by atoms with Gasteiger partial charge in [-0.05, 0) is 43.2 Å². The van der Waals surface area contributed by atoms with Gasteiger partial charge in [-0.25, -0.2) is 0 Å². The fraction of sp³-hybridized carbons (Fsp3) is 0.333. The summed E-state index contributed by atoms with van der Waals surface area (Å²) in [5.74, 6) is 1.89. The van der Waals surface area contributed by atoms with Crippen LogP contribution in [0.15, 0.2) is 47.5 Å². The van der Waals surface area contributed by atoms with Crippen LogP contribution in [0.3, 0.4) is 0 Å². The van der Waals surface area contributed by atoms with E-state index in [1.54, 1.807) is 18.2 Å². The molecule has 2 aromatic rings. The zero-order valence-electron chi connectivity index (χ0n) is 16.4. The summed E-state index contributed by atoms with van der Waals surface area (Å²) < 4.78 is 10.7. The molecule has 0 aromatic heterocycles. The molecule has 4 N–H and O–H groups in total. The third kappa shape index (κ3) is 5.78. The Labute approximate surface area is 169 Å². The van der Waals surface area contributed by atoms with Crippen molar-refractivity contribution in [3.05, 3.63) is 53.6 Å². The Balaban J connectivity index is 1.43. The number of aliphatic imine (C=N–C) groups is 1. The lowest BCUT2D eigenvalue weighted by Gasteiger charge is -2.12. The summed E-state index contributed by atoms with van der Waals surface area (Å²) in [6.07, 6.45) is 0.775. The second-order valence-electron chi connectivity index (χ2n) is 6.40. The van der Waals surface area contributed by atoms with Crippen LogP contribution in [-0.4, -0.2) is 49.9 Å². The molecular formula is C21H26N4O4. The summed E-state index contributed by atoms with van der Waals surface area (Å²) in [5.41, 5.74) is 1.39. The van der Waals surface area contributed by atoms with Gasteiger partial charge in [-0.15, -0.1) is 0 Å². The van der Waals surface area contributed by atoms with Gasteiger partial charge in [0.05, 0.1) is 5.56 Å². The van der Waals surface area contributed by atoms with Crippen LogP contribution in [0.25, 0.3) is 0 Å². The molecule has 2 aromatic carbocycles. The van der Waals surface area contributed by atoms with E-state index < -0.39 is 0 Å². The van der Waals surface area contributed by atoms with Gasteiger partial charge in [0.25, 0.3) is 5.91 Å². The van der Waals surface area contributed by atoms with Crippen molar-refractivity contribution in [2.75, 3.05) is 33.0 Å². The number of para-hydroxylation sites is 1. The predicted molar refractivity (Wildman–Crippen MR) is 111 cm³/mol. The molecule has 154 valence electrons. The molecule has 3 rings (SSSR count). The van der Waals surface area contributed by atoms with Crippen LogP contribution in [0.5, 0.6) is 17.2 Å². The number of aromatic hydroxyl groups is 1. The predicted octanol–water partition coefficient (Wildman–Crippen LogP) is 1.65. The van der Waals surface area contributed by atoms with Crippen LogP contribution in [0, 0.1) is 0 Å². The van der Waals surface area contributed by atoms with Gasteiger partial charge in [-0.2, -0.15) is 0 Å². The lowest BCUT2D eigenvalue weighted by atomic mass is 10.1. The standard InChI is InChI=1S/C21H26N4O4/c1-2-22-21(24-10-9-15-7-8-18-19(13-15)29-14-28-18)25-12-11-23-20(27)16-5-3-4-6-17(16)26/h3-8,13,26H,2,9-12,14H2,1H3,(H,23,27)(H2,22,24,25). The molecule has 8 heteroatoms. The first-order valence-electron chi connectivity index (χ1n) is 9.64. The van der Waals surface area contributed by atoms with Crippen LogP contribution in [0.2, 0.25) is 0 Å². The molecule has 8 nitrogen and oxygen atoms in total. The van der Waals surface area contributed by atoms with Gasteiger partial charge in [0.1, 0.15) is 5.75 Å². The van der Waals surface area contributed by atoms with E-state index in [0.717, 1.165) is 30.0 Å². The number of guanidine groups is 1. The minimum Gasteiger partial charge on any atom is -0.507 e. The van der Waals surface area contributed by atoms with Crippen LogP contribution in [-0.2, 0) is 6.42 Å². The fourth-order valence-corrected chi connectivity index (χ4v) is 2.85. The molecule has 1 amide bonds. The van der Waals surface area contributed by atoms with Crippen molar-refractivity contribution in [2.24, 2.45) is 4.99 Å². The molecule has 1 aliphatic heterocycles. The molecule has 0 spiro atoms. The average Bonchev–Trinajstić information content (AvgIpc) is 3.19. The average molecular weight is 398 g/mol. The van der Waals surface area contributed by atoms with Gasteiger partial charge in [-0.1, -0.05) is 18.2 Å². The first-order chi connectivity index (χ1) is 14.2. The quantitative estimate of drug-likeness (QED) is 0.306. The smallest absolute Gasteiger partial charge is 0.255 e. The van der Waals surface area contributed by atoms with Crippen molar-refractivity contribution >= 4 is 11.9 Å². The Morgan fingerprint density at radius 3 is 2.69 bits per heavy atom. The number of phenols is 1. The monoisotopic (exact) mass is 398 g/mol. The molecule has 0 radical (unpaired) electrons. The molecular weight excluding hydrogens is 372 g/mol. The molecule has 0 unspecified atom stereocenters. The summed E-state index contributed by atoms with van der Waals surface area (Å²) in [6, 6.07) is 12.4. The molecule has 1 aliphatic rings. The number of hydrogen-bond acceptors (Lipinski definition) is 5. The van der Waals surface area contributed by atoms with Gasteiger partial charge in [0.15, 0.2) is 17.5 Å². The summed E-state index contributed by atoms with van der Waals surface area (Å²) in [6.45, 7) is 4.52. The lowest BCUT2D eigenvalue weighted by molar-refractivity contribution is 0.0951. The highest BCUT2D eigenvalue weighted by atomic mass is 16.7. The first-order valence-corrected chi connectivity index (χ1v) is 9.64. The van der Waals surface area contributed by atoms with Crippen molar-refractivity contribution in [1.29, 1.82) is 0 Å². The Morgan fingerprint density at radius 2 is 1.86 bits per heavy atom. The van der Waals surface area contributed by atoms with Crippen molar-refractivity contribution in [1.82, 2.24) is 16.0 Å². The normalized spacial score (nSPS) is 12.5. The van der Waals surface area contributed by atoms with Crippen molar-refractivity contribution < 1.29 is 19.4 Å². The van der Waals surface area contributed by atoms with Crippen LogP contribution in [0.4, 0.5) is 0 Å². The number of ether oxygens (including phenoxy) is 2. The third-order valence-electron chi connectivity index (χ3n) is 4.30. The topological polar surface area (TPSA) is 104 Å². The Morgan fingerprint density at radius 1 is 1.07 bits per heavy atom. The second-order valence-corrected chi connectivity index (χ2v) is 6.40. The van der Waals surface area contributed by atoms with E-state index in [2.05, 4.69) is 20.9 Å². The second kappa shape index (κ2) is 10.2. The zero-order chi connectivity index (χ0) is 20.5. The number of fused-ring (bicyclic) bond motifs is 1. The van der Waals surface area contributed by atoms with Crippen LogP contribution in [0.1, 0.15) is 22.8 Å². The number of hydrogen-bond donors (Lipinski definition) is 4. The van der Waals surface area contributed by atoms with E-state index in [1.807, 2.05) is 25.1 Å². The number of amides is 1. The minimum atomic E-state index is -0.311. The van der Waals surface area contributed by atoms with Crippen molar-refractivity contribution in [2.45, 2.75) is 13.3 Å². The maximum absolute atomic E-state index is 12.1. The van der Waals surface area contributed by atoms with Gasteiger partial charge >= 0.3 is 0 Å². The number of phenolic OH excluding ortho intramolecular Hbond substituents is 1. The van der Waals surface area contributed by atoms with E-state index >= 15 is 0 Å². The summed E-state index contributed by atoms with van der Waals surface area (Å²) in [4.78, 5) is 16.6. The number of nitrogens with one attached hydrogen (secondary N) is 3. The van der Waals surface area contributed by atoms with Gasteiger partial charge in [0, 0.05) is 26.2 Å². The van der Waals surface area contributed by atoms with Crippen LogP contribution >= 0.6 is 0 Å². The van der Waals surface area contributed by atoms with Crippen molar-refractivity contribution in [3.8, 4) is 17.2 Å². The first kappa shape index (κ1) is 20.3. The highest BCUT2D eigenvalue weighted by Gasteiger charge is 2.13. The number of rotatable bonds is 8. The van der Waals surface area contributed by atoms with E-state index in [1.165, 1.54) is 6.07 Å². The summed E-state index contributed by atoms with van der Waals surface area (Å²) in [5, 5.41) is 18.9. The Hall–Kier alpha value is -3.42. The minimum absolute atomic E-state index is 0.0311. The Kier molecular flexibility index (Phi) is 7.16. The fourth-order valence-electron chi connectivity index (χ4n) is 2.85. The van der Waals surface area contributed by atoms with E-state index in [0.29, 0.717) is 25.6 Å². The van der Waals surface area contributed by atoms with Crippen molar-refractivity contribution in [3.63, 3.8) is 0 Å². The molecule has 0 saturated heterocycles. The largest absolute Gasteiger partial charge is 0.507 e. The number of carbonyl (C=O) groups excluding carboxylic acids is 1. The third-order valence-corrected chi connectivity index (χ3v) is 4.30.